The number of anilines is 1. The maximum absolute atomic E-state index is 12.2. The molecule has 21 heavy (non-hydrogen) atoms. The van der Waals surface area contributed by atoms with Crippen molar-refractivity contribution >= 4 is 27.9 Å². The number of amides is 1. The van der Waals surface area contributed by atoms with Crippen molar-refractivity contribution in [3.05, 3.63) is 35.1 Å². The SMILES string of the molecule is Cc1nn2cc(C(=O)Nc3ccc4c(c3)OCO4)nc2s1. The fraction of sp³-hybridized carbons (Fsp3) is 0.154. The summed E-state index contributed by atoms with van der Waals surface area (Å²) in [5.74, 6) is 1.01. The number of fused-ring (bicyclic) bond motifs is 2. The lowest BCUT2D eigenvalue weighted by atomic mass is 10.2. The standard InChI is InChI=1S/C13H10N4O3S/c1-7-16-17-5-9(15-13(17)21-7)12(18)14-8-2-3-10-11(4-8)20-6-19-10/h2-5H,6H2,1H3,(H,14,18). The number of imidazole rings is 1. The lowest BCUT2D eigenvalue weighted by molar-refractivity contribution is 0.102. The molecule has 7 nitrogen and oxygen atoms in total. The number of nitrogens with one attached hydrogen (secondary N) is 1. The van der Waals surface area contributed by atoms with Gasteiger partial charge in [-0.05, 0) is 19.1 Å². The fourth-order valence-corrected chi connectivity index (χ4v) is 2.80. The second kappa shape index (κ2) is 4.45. The molecule has 0 saturated heterocycles. The smallest absolute Gasteiger partial charge is 0.275 e. The summed E-state index contributed by atoms with van der Waals surface area (Å²) in [6.07, 6.45) is 1.61. The van der Waals surface area contributed by atoms with E-state index in [1.54, 1.807) is 28.9 Å². The van der Waals surface area contributed by atoms with Crippen LogP contribution in [0.1, 0.15) is 15.5 Å². The van der Waals surface area contributed by atoms with Crippen molar-refractivity contribution in [3.8, 4) is 11.5 Å². The predicted molar refractivity (Wildman–Crippen MR) is 76.1 cm³/mol. The summed E-state index contributed by atoms with van der Waals surface area (Å²) in [4.78, 5) is 17.1. The summed E-state index contributed by atoms with van der Waals surface area (Å²) in [7, 11) is 0. The van der Waals surface area contributed by atoms with Crippen molar-refractivity contribution in [2.45, 2.75) is 6.92 Å². The van der Waals surface area contributed by atoms with Crippen LogP contribution in [0.5, 0.6) is 11.5 Å². The molecule has 1 N–H and O–H groups in total. The van der Waals surface area contributed by atoms with E-state index in [-0.39, 0.29) is 12.7 Å². The van der Waals surface area contributed by atoms with Gasteiger partial charge in [-0.25, -0.2) is 9.50 Å². The second-order valence-electron chi connectivity index (χ2n) is 4.50. The fourth-order valence-electron chi connectivity index (χ4n) is 2.08. The highest BCUT2D eigenvalue weighted by atomic mass is 32.1. The number of hydrogen-bond donors (Lipinski definition) is 1. The molecule has 0 spiro atoms. The molecule has 1 amide bonds. The molecular weight excluding hydrogens is 292 g/mol. The van der Waals surface area contributed by atoms with Gasteiger partial charge in [0.1, 0.15) is 10.7 Å². The minimum absolute atomic E-state index is 0.203. The van der Waals surface area contributed by atoms with Crippen molar-refractivity contribution in [1.29, 1.82) is 0 Å². The zero-order valence-electron chi connectivity index (χ0n) is 11.0. The molecule has 0 bridgehead atoms. The van der Waals surface area contributed by atoms with Gasteiger partial charge >= 0.3 is 0 Å². The van der Waals surface area contributed by atoms with Crippen LogP contribution in [0.2, 0.25) is 0 Å². The molecule has 0 fully saturated rings. The minimum atomic E-state index is -0.288. The number of hydrogen-bond acceptors (Lipinski definition) is 6. The Morgan fingerprint density at radius 2 is 2.24 bits per heavy atom. The Hall–Kier alpha value is -2.61. The quantitative estimate of drug-likeness (QED) is 0.784. The summed E-state index contributed by atoms with van der Waals surface area (Å²) in [5.41, 5.74) is 0.955. The third-order valence-electron chi connectivity index (χ3n) is 3.01. The Balaban J connectivity index is 1.58. The predicted octanol–water partition coefficient (Wildman–Crippen LogP) is 2.08. The maximum Gasteiger partial charge on any atom is 0.275 e. The zero-order valence-corrected chi connectivity index (χ0v) is 11.8. The van der Waals surface area contributed by atoms with Crippen LogP contribution in [-0.4, -0.2) is 27.3 Å². The van der Waals surface area contributed by atoms with Crippen LogP contribution in [0, 0.1) is 6.92 Å². The number of benzene rings is 1. The third-order valence-corrected chi connectivity index (χ3v) is 3.85. The first kappa shape index (κ1) is 12.2. The van der Waals surface area contributed by atoms with Crippen LogP contribution in [0.4, 0.5) is 5.69 Å². The third kappa shape index (κ3) is 2.09. The molecule has 0 radical (unpaired) electrons. The summed E-state index contributed by atoms with van der Waals surface area (Å²) >= 11 is 1.44. The average molecular weight is 302 g/mol. The van der Waals surface area contributed by atoms with Crippen LogP contribution in [0.3, 0.4) is 0 Å². The van der Waals surface area contributed by atoms with E-state index in [0.717, 1.165) is 5.01 Å². The van der Waals surface area contributed by atoms with E-state index in [2.05, 4.69) is 15.4 Å². The molecule has 3 aromatic rings. The maximum atomic E-state index is 12.2. The van der Waals surface area contributed by atoms with Gasteiger partial charge in [0.25, 0.3) is 5.91 Å². The minimum Gasteiger partial charge on any atom is -0.454 e. The molecular formula is C13H10N4O3S. The number of aryl methyl sites for hydroxylation is 1. The van der Waals surface area contributed by atoms with Crippen molar-refractivity contribution in [2.75, 3.05) is 12.1 Å². The molecule has 4 rings (SSSR count). The molecule has 106 valence electrons. The van der Waals surface area contributed by atoms with Crippen molar-refractivity contribution in [3.63, 3.8) is 0 Å². The Morgan fingerprint density at radius 3 is 3.10 bits per heavy atom. The molecule has 2 aromatic heterocycles. The van der Waals surface area contributed by atoms with E-state index in [1.807, 2.05) is 6.92 Å². The molecule has 1 aromatic carbocycles. The van der Waals surface area contributed by atoms with E-state index in [4.69, 9.17) is 9.47 Å². The first-order chi connectivity index (χ1) is 10.2. The second-order valence-corrected chi connectivity index (χ2v) is 5.66. The molecule has 0 atom stereocenters. The highest BCUT2D eigenvalue weighted by Crippen LogP contribution is 2.34. The van der Waals surface area contributed by atoms with Gasteiger partial charge in [0, 0.05) is 11.8 Å². The normalized spacial score (nSPS) is 12.8. The van der Waals surface area contributed by atoms with E-state index >= 15 is 0 Å². The molecule has 0 saturated carbocycles. The number of carbonyl (C=O) groups is 1. The van der Waals surface area contributed by atoms with Crippen LogP contribution >= 0.6 is 11.3 Å². The topological polar surface area (TPSA) is 77.8 Å². The van der Waals surface area contributed by atoms with E-state index in [1.165, 1.54) is 11.3 Å². The van der Waals surface area contributed by atoms with Gasteiger partial charge in [-0.3, -0.25) is 4.79 Å². The number of ether oxygens (including phenoxy) is 2. The lowest BCUT2D eigenvalue weighted by Gasteiger charge is -2.04. The summed E-state index contributed by atoms with van der Waals surface area (Å²) < 4.78 is 12.1. The Kier molecular flexibility index (Phi) is 2.58. The molecule has 0 aliphatic carbocycles. The Labute approximate surface area is 123 Å². The van der Waals surface area contributed by atoms with Gasteiger partial charge in [0.05, 0.1) is 6.20 Å². The zero-order chi connectivity index (χ0) is 14.4. The molecule has 0 unspecified atom stereocenters. The first-order valence-electron chi connectivity index (χ1n) is 6.23. The van der Waals surface area contributed by atoms with Crippen LogP contribution in [-0.2, 0) is 0 Å². The summed E-state index contributed by atoms with van der Waals surface area (Å²) in [6, 6.07) is 5.24. The lowest BCUT2D eigenvalue weighted by Crippen LogP contribution is -2.12. The number of nitrogens with zero attached hydrogens (tertiary/aromatic N) is 3. The van der Waals surface area contributed by atoms with Crippen LogP contribution < -0.4 is 14.8 Å². The molecule has 1 aliphatic rings. The number of carbonyl (C=O) groups excluding carboxylic acids is 1. The molecule has 8 heteroatoms. The summed E-state index contributed by atoms with van der Waals surface area (Å²) in [5, 5.41) is 7.91. The van der Waals surface area contributed by atoms with Gasteiger partial charge in [0.2, 0.25) is 11.8 Å². The summed E-state index contributed by atoms with van der Waals surface area (Å²) in [6.45, 7) is 2.10. The van der Waals surface area contributed by atoms with Gasteiger partial charge in [-0.15, -0.1) is 0 Å². The monoisotopic (exact) mass is 302 g/mol. The van der Waals surface area contributed by atoms with Crippen LogP contribution in [0.15, 0.2) is 24.4 Å². The molecule has 3 heterocycles. The van der Waals surface area contributed by atoms with Crippen molar-refractivity contribution in [2.24, 2.45) is 0 Å². The Morgan fingerprint density at radius 1 is 1.38 bits per heavy atom. The number of rotatable bonds is 2. The highest BCUT2D eigenvalue weighted by molar-refractivity contribution is 7.16. The van der Waals surface area contributed by atoms with Gasteiger partial charge < -0.3 is 14.8 Å². The Bertz CT molecular complexity index is 823. The first-order valence-corrected chi connectivity index (χ1v) is 7.04. The van der Waals surface area contributed by atoms with Crippen LogP contribution in [0.25, 0.3) is 4.96 Å². The molecule has 1 aliphatic heterocycles. The average Bonchev–Trinajstić information content (AvgIpc) is 3.11. The van der Waals surface area contributed by atoms with Crippen molar-refractivity contribution in [1.82, 2.24) is 14.6 Å². The van der Waals surface area contributed by atoms with Gasteiger partial charge in [-0.2, -0.15) is 5.10 Å². The van der Waals surface area contributed by atoms with E-state index < -0.39 is 0 Å². The van der Waals surface area contributed by atoms with Gasteiger partial charge in [-0.1, -0.05) is 11.3 Å². The van der Waals surface area contributed by atoms with Crippen molar-refractivity contribution < 1.29 is 14.3 Å². The van der Waals surface area contributed by atoms with Gasteiger partial charge in [0.15, 0.2) is 11.5 Å². The van der Waals surface area contributed by atoms with E-state index in [9.17, 15) is 4.79 Å². The highest BCUT2D eigenvalue weighted by Gasteiger charge is 2.16. The van der Waals surface area contributed by atoms with E-state index in [0.29, 0.717) is 27.8 Å². The largest absolute Gasteiger partial charge is 0.454 e. The number of aromatic nitrogens is 3.